The third-order valence-corrected chi connectivity index (χ3v) is 5.11. The van der Waals surface area contributed by atoms with E-state index in [2.05, 4.69) is 0 Å². The number of ether oxygens (including phenoxy) is 1. The van der Waals surface area contributed by atoms with Gasteiger partial charge >= 0.3 is 7.52 Å². The zero-order chi connectivity index (χ0) is 13.4. The fourth-order valence-corrected chi connectivity index (χ4v) is 4.71. The summed E-state index contributed by atoms with van der Waals surface area (Å²) in [6, 6.07) is 9.08. The number of rotatable bonds is 3. The summed E-state index contributed by atoms with van der Waals surface area (Å²) >= 11 is 5.11. The summed E-state index contributed by atoms with van der Waals surface area (Å²) in [6.07, 6.45) is 0. The highest BCUT2D eigenvalue weighted by Gasteiger charge is 2.47. The summed E-state index contributed by atoms with van der Waals surface area (Å²) in [5, 5.41) is 0.238. The minimum absolute atomic E-state index is 0.238. The number of hydrogen-bond acceptors (Lipinski definition) is 4. The Morgan fingerprint density at radius 1 is 1.39 bits per heavy atom. The van der Waals surface area contributed by atoms with Gasteiger partial charge in [0.1, 0.15) is 12.4 Å². The molecule has 6 heteroatoms. The molecule has 1 aromatic carbocycles. The molecule has 0 unspecified atom stereocenters. The molecule has 0 N–H and O–H groups in total. The van der Waals surface area contributed by atoms with Gasteiger partial charge in [0.2, 0.25) is 0 Å². The van der Waals surface area contributed by atoms with Gasteiger partial charge in [0.15, 0.2) is 0 Å². The van der Waals surface area contributed by atoms with Gasteiger partial charge < -0.3 is 9.26 Å². The summed E-state index contributed by atoms with van der Waals surface area (Å²) in [4.78, 5) is 0. The highest BCUT2D eigenvalue weighted by molar-refractivity contribution is 7.80. The summed E-state index contributed by atoms with van der Waals surface area (Å²) < 4.78 is 25.2. The lowest BCUT2D eigenvalue weighted by Gasteiger charge is -2.33. The minimum atomic E-state index is -3.07. The Hall–Kier alpha value is -1.06. The summed E-state index contributed by atoms with van der Waals surface area (Å²) in [6.45, 7) is 5.83. The molecule has 0 amide bonds. The van der Waals surface area contributed by atoms with E-state index in [0.29, 0.717) is 12.4 Å². The zero-order valence-electron chi connectivity index (χ0n) is 10.6. The van der Waals surface area contributed by atoms with E-state index in [4.69, 9.17) is 21.5 Å². The van der Waals surface area contributed by atoms with Crippen molar-refractivity contribution in [2.75, 3.05) is 13.3 Å². The molecule has 1 fully saturated rings. The van der Waals surface area contributed by atoms with Gasteiger partial charge in [0.05, 0.1) is 5.54 Å². The van der Waals surface area contributed by atoms with E-state index in [1.165, 1.54) is 0 Å². The molecule has 18 heavy (non-hydrogen) atoms. The number of para-hydroxylation sites is 1. The Labute approximate surface area is 112 Å². The molecule has 0 spiro atoms. The maximum absolute atomic E-state index is 12.7. The Balaban J connectivity index is 2.26. The SMILES string of the molecule is CC1(C)COC(=S)N1[P@@](C)(=O)Oc1ccccc1. The second kappa shape index (κ2) is 4.56. The molecule has 0 aliphatic carbocycles. The van der Waals surface area contributed by atoms with Crippen LogP contribution in [0.1, 0.15) is 13.8 Å². The predicted octanol–water partition coefficient (Wildman–Crippen LogP) is 3.28. The van der Waals surface area contributed by atoms with E-state index in [9.17, 15) is 4.57 Å². The minimum Gasteiger partial charge on any atom is -0.468 e. The van der Waals surface area contributed by atoms with Crippen LogP contribution in [0.25, 0.3) is 0 Å². The molecule has 1 aliphatic heterocycles. The van der Waals surface area contributed by atoms with E-state index in [0.717, 1.165) is 0 Å². The highest BCUT2D eigenvalue weighted by atomic mass is 32.1. The van der Waals surface area contributed by atoms with Crippen LogP contribution >= 0.6 is 19.7 Å². The molecule has 1 aliphatic rings. The van der Waals surface area contributed by atoms with Gasteiger partial charge in [-0.25, -0.2) is 4.67 Å². The Morgan fingerprint density at radius 2 is 2.00 bits per heavy atom. The average Bonchev–Trinajstić information content (AvgIpc) is 2.54. The largest absolute Gasteiger partial charge is 0.468 e. The lowest BCUT2D eigenvalue weighted by molar-refractivity contribution is 0.262. The number of hydrogen-bond donors (Lipinski definition) is 0. The number of thiocarbonyl (C=S) groups is 1. The zero-order valence-corrected chi connectivity index (χ0v) is 12.3. The molecule has 98 valence electrons. The third kappa shape index (κ3) is 2.52. The fraction of sp³-hybridized carbons (Fsp3) is 0.417. The fourth-order valence-electron chi connectivity index (χ4n) is 1.97. The normalized spacial score (nSPS) is 21.3. The summed E-state index contributed by atoms with van der Waals surface area (Å²) in [7, 11) is -3.07. The van der Waals surface area contributed by atoms with Crippen molar-refractivity contribution in [1.82, 2.24) is 4.67 Å². The molecule has 0 bridgehead atoms. The second-order valence-electron chi connectivity index (χ2n) is 4.89. The first kappa shape index (κ1) is 13.4. The Bertz CT molecular complexity index is 503. The van der Waals surface area contributed by atoms with E-state index < -0.39 is 13.1 Å². The first-order chi connectivity index (χ1) is 8.33. The van der Waals surface area contributed by atoms with Crippen molar-refractivity contribution in [3.05, 3.63) is 30.3 Å². The third-order valence-electron chi connectivity index (χ3n) is 2.68. The second-order valence-corrected chi connectivity index (χ2v) is 7.42. The van der Waals surface area contributed by atoms with Crippen LogP contribution in [0.5, 0.6) is 5.75 Å². The van der Waals surface area contributed by atoms with Crippen molar-refractivity contribution < 1.29 is 13.8 Å². The quantitative estimate of drug-likeness (QED) is 0.629. The molecule has 0 radical (unpaired) electrons. The summed E-state index contributed by atoms with van der Waals surface area (Å²) in [5.41, 5.74) is -0.420. The topological polar surface area (TPSA) is 38.8 Å². The number of nitrogens with zero attached hydrogens (tertiary/aromatic N) is 1. The van der Waals surface area contributed by atoms with Gasteiger partial charge in [-0.3, -0.25) is 4.57 Å². The van der Waals surface area contributed by atoms with Crippen LogP contribution in [0, 0.1) is 0 Å². The molecule has 0 aromatic heterocycles. The van der Waals surface area contributed by atoms with Crippen molar-refractivity contribution in [1.29, 1.82) is 0 Å². The van der Waals surface area contributed by atoms with Crippen LogP contribution in [0.3, 0.4) is 0 Å². The predicted molar refractivity (Wildman–Crippen MR) is 75.1 cm³/mol. The first-order valence-electron chi connectivity index (χ1n) is 5.62. The van der Waals surface area contributed by atoms with Crippen LogP contribution in [0.4, 0.5) is 0 Å². The van der Waals surface area contributed by atoms with E-state index in [-0.39, 0.29) is 5.17 Å². The van der Waals surface area contributed by atoms with Gasteiger partial charge in [0.25, 0.3) is 5.17 Å². The van der Waals surface area contributed by atoms with Crippen LogP contribution in [0.2, 0.25) is 0 Å². The Morgan fingerprint density at radius 3 is 2.50 bits per heavy atom. The van der Waals surface area contributed by atoms with Crippen molar-refractivity contribution in [3.8, 4) is 5.75 Å². The lowest BCUT2D eigenvalue weighted by Crippen LogP contribution is -2.40. The van der Waals surface area contributed by atoms with Gasteiger partial charge in [-0.1, -0.05) is 18.2 Å². The molecular weight excluding hydrogens is 269 g/mol. The monoisotopic (exact) mass is 285 g/mol. The smallest absolute Gasteiger partial charge is 0.344 e. The van der Waals surface area contributed by atoms with E-state index in [1.807, 2.05) is 32.0 Å². The van der Waals surface area contributed by atoms with Gasteiger partial charge in [-0.2, -0.15) is 0 Å². The van der Waals surface area contributed by atoms with Gasteiger partial charge in [-0.15, -0.1) is 0 Å². The molecule has 0 saturated carbocycles. The lowest BCUT2D eigenvalue weighted by atomic mass is 10.1. The van der Waals surface area contributed by atoms with Crippen LogP contribution in [-0.2, 0) is 9.30 Å². The number of benzene rings is 1. The van der Waals surface area contributed by atoms with Gasteiger partial charge in [0, 0.05) is 6.66 Å². The van der Waals surface area contributed by atoms with Crippen molar-refractivity contribution in [2.45, 2.75) is 19.4 Å². The van der Waals surface area contributed by atoms with E-state index in [1.54, 1.807) is 23.5 Å². The van der Waals surface area contributed by atoms with E-state index >= 15 is 0 Å². The van der Waals surface area contributed by atoms with Crippen molar-refractivity contribution in [3.63, 3.8) is 0 Å². The first-order valence-corrected chi connectivity index (χ1v) is 8.06. The molecular formula is C12H16NO3PS. The molecule has 1 heterocycles. The summed E-state index contributed by atoms with van der Waals surface area (Å²) in [5.74, 6) is 0.564. The van der Waals surface area contributed by atoms with Crippen LogP contribution in [-0.4, -0.2) is 28.7 Å². The van der Waals surface area contributed by atoms with Crippen LogP contribution < -0.4 is 4.52 Å². The standard InChI is InChI=1S/C12H16NO3PS/c1-12(2)9-15-11(18)13(12)17(3,14)16-10-7-5-4-6-8-10/h4-8H,9H2,1-3H3/t17-/m0/s1. The highest BCUT2D eigenvalue weighted by Crippen LogP contribution is 2.53. The molecule has 1 atom stereocenters. The molecule has 1 aromatic rings. The molecule has 2 rings (SSSR count). The Kier molecular flexibility index (Phi) is 3.39. The maximum atomic E-state index is 12.7. The molecule has 4 nitrogen and oxygen atoms in total. The average molecular weight is 285 g/mol. The van der Waals surface area contributed by atoms with Crippen molar-refractivity contribution >= 4 is 24.9 Å². The molecule has 1 saturated heterocycles. The van der Waals surface area contributed by atoms with Crippen LogP contribution in [0.15, 0.2) is 30.3 Å². The van der Waals surface area contributed by atoms with Crippen molar-refractivity contribution in [2.24, 2.45) is 0 Å². The maximum Gasteiger partial charge on any atom is 0.344 e. The van der Waals surface area contributed by atoms with Gasteiger partial charge in [-0.05, 0) is 38.2 Å².